The minimum Gasteiger partial charge on any atom is -0.495 e. The zero-order chi connectivity index (χ0) is 14.0. The van der Waals surface area contributed by atoms with Crippen molar-refractivity contribution in [2.75, 3.05) is 45.4 Å². The van der Waals surface area contributed by atoms with Gasteiger partial charge in [-0.05, 0) is 45.5 Å². The summed E-state index contributed by atoms with van der Waals surface area (Å²) in [4.78, 5) is 4.60. The number of nitrogen functional groups attached to an aromatic ring is 1. The molecule has 0 spiro atoms. The molecule has 0 saturated heterocycles. The van der Waals surface area contributed by atoms with Gasteiger partial charge in [-0.15, -0.1) is 0 Å². The van der Waals surface area contributed by atoms with Crippen LogP contribution in [0.15, 0.2) is 18.2 Å². The third kappa shape index (κ3) is 2.50. The fourth-order valence-electron chi connectivity index (χ4n) is 2.90. The summed E-state index contributed by atoms with van der Waals surface area (Å²) in [6.45, 7) is 0.997. The Morgan fingerprint density at radius 3 is 2.42 bits per heavy atom. The van der Waals surface area contributed by atoms with E-state index in [1.165, 1.54) is 19.3 Å². The van der Waals surface area contributed by atoms with Gasteiger partial charge in [-0.1, -0.05) is 6.07 Å². The van der Waals surface area contributed by atoms with Gasteiger partial charge < -0.3 is 20.3 Å². The first-order valence-corrected chi connectivity index (χ1v) is 6.81. The highest BCUT2D eigenvalue weighted by Gasteiger charge is 2.40. The van der Waals surface area contributed by atoms with Crippen LogP contribution in [0.3, 0.4) is 0 Å². The second-order valence-electron chi connectivity index (χ2n) is 5.72. The first-order valence-electron chi connectivity index (χ1n) is 6.81. The number of likely N-dealkylation sites (N-methyl/N-ethyl adjacent to an activating group) is 2. The van der Waals surface area contributed by atoms with Crippen molar-refractivity contribution in [1.29, 1.82) is 0 Å². The van der Waals surface area contributed by atoms with Crippen LogP contribution in [0.1, 0.15) is 19.3 Å². The Bertz CT molecular complexity index is 441. The minimum absolute atomic E-state index is 0.296. The van der Waals surface area contributed by atoms with Gasteiger partial charge in [-0.25, -0.2) is 0 Å². The number of hydrogen-bond acceptors (Lipinski definition) is 4. The van der Waals surface area contributed by atoms with Gasteiger partial charge in [0.2, 0.25) is 0 Å². The van der Waals surface area contributed by atoms with E-state index < -0.39 is 0 Å². The van der Waals surface area contributed by atoms with E-state index >= 15 is 0 Å². The van der Waals surface area contributed by atoms with E-state index in [9.17, 15) is 0 Å². The van der Waals surface area contributed by atoms with E-state index in [4.69, 9.17) is 10.5 Å². The molecule has 4 heteroatoms. The Balaban J connectivity index is 2.18. The molecule has 1 aliphatic rings. The number of hydrogen-bond donors (Lipinski definition) is 1. The van der Waals surface area contributed by atoms with Crippen LogP contribution >= 0.6 is 0 Å². The van der Waals surface area contributed by atoms with Crippen molar-refractivity contribution in [3.8, 4) is 5.75 Å². The summed E-state index contributed by atoms with van der Waals surface area (Å²) < 4.78 is 5.29. The molecule has 1 aromatic rings. The van der Waals surface area contributed by atoms with Gasteiger partial charge in [0.05, 0.1) is 18.5 Å². The van der Waals surface area contributed by atoms with E-state index in [0.29, 0.717) is 5.54 Å². The number of ether oxygens (including phenoxy) is 1. The molecule has 2 N–H and O–H groups in total. The number of para-hydroxylation sites is 1. The summed E-state index contributed by atoms with van der Waals surface area (Å²) in [7, 11) is 8.10. The van der Waals surface area contributed by atoms with Gasteiger partial charge in [0.15, 0.2) is 0 Å². The van der Waals surface area contributed by atoms with Crippen molar-refractivity contribution in [3.05, 3.63) is 18.2 Å². The van der Waals surface area contributed by atoms with Crippen LogP contribution in [0.4, 0.5) is 11.4 Å². The maximum absolute atomic E-state index is 6.17. The van der Waals surface area contributed by atoms with Gasteiger partial charge in [-0.2, -0.15) is 0 Å². The first-order chi connectivity index (χ1) is 9.00. The molecule has 4 nitrogen and oxygen atoms in total. The van der Waals surface area contributed by atoms with Crippen LogP contribution < -0.4 is 15.4 Å². The van der Waals surface area contributed by atoms with E-state index in [2.05, 4.69) is 37.0 Å². The first kappa shape index (κ1) is 14.0. The number of methoxy groups -OCH3 is 1. The lowest BCUT2D eigenvalue weighted by molar-refractivity contribution is 0.0683. The molecule has 1 saturated carbocycles. The van der Waals surface area contributed by atoms with Crippen molar-refractivity contribution >= 4 is 11.4 Å². The molecule has 1 aliphatic carbocycles. The number of benzene rings is 1. The van der Waals surface area contributed by atoms with E-state index in [1.54, 1.807) is 7.11 Å². The molecule has 0 unspecified atom stereocenters. The van der Waals surface area contributed by atoms with Crippen molar-refractivity contribution < 1.29 is 4.74 Å². The predicted molar refractivity (Wildman–Crippen MR) is 80.9 cm³/mol. The molecule has 0 atom stereocenters. The smallest absolute Gasteiger partial charge is 0.143 e. The second kappa shape index (κ2) is 5.29. The SMILES string of the molecule is COc1cccc(N(C)CC2(N(C)C)CCC2)c1N. The Kier molecular flexibility index (Phi) is 3.90. The molecule has 2 rings (SSSR count). The van der Waals surface area contributed by atoms with Crippen LogP contribution in [0.25, 0.3) is 0 Å². The van der Waals surface area contributed by atoms with Gasteiger partial charge in [0, 0.05) is 19.1 Å². The molecule has 0 amide bonds. The Morgan fingerprint density at radius 1 is 1.26 bits per heavy atom. The number of nitrogens with two attached hydrogens (primary N) is 1. The topological polar surface area (TPSA) is 41.7 Å². The monoisotopic (exact) mass is 263 g/mol. The maximum Gasteiger partial charge on any atom is 0.143 e. The predicted octanol–water partition coefficient (Wildman–Crippen LogP) is 2.20. The van der Waals surface area contributed by atoms with Gasteiger partial charge in [-0.3, -0.25) is 0 Å². The maximum atomic E-state index is 6.17. The van der Waals surface area contributed by atoms with Crippen molar-refractivity contribution in [1.82, 2.24) is 4.90 Å². The lowest BCUT2D eigenvalue weighted by Gasteiger charge is -2.49. The fourth-order valence-corrected chi connectivity index (χ4v) is 2.90. The minimum atomic E-state index is 0.296. The van der Waals surface area contributed by atoms with E-state index in [-0.39, 0.29) is 0 Å². The lowest BCUT2D eigenvalue weighted by atomic mass is 9.75. The van der Waals surface area contributed by atoms with Crippen LogP contribution in [0.2, 0.25) is 0 Å². The normalized spacial score (nSPS) is 17.1. The number of anilines is 2. The standard InChI is InChI=1S/C15H25N3O/c1-17(2)15(9-6-10-15)11-18(3)12-7-5-8-13(19-4)14(12)16/h5,7-8H,6,9-11,16H2,1-4H3. The molecule has 0 heterocycles. The van der Waals surface area contributed by atoms with Gasteiger partial charge >= 0.3 is 0 Å². The summed E-state index contributed by atoms with van der Waals surface area (Å²) in [5.41, 5.74) is 8.24. The molecule has 106 valence electrons. The summed E-state index contributed by atoms with van der Waals surface area (Å²) in [6, 6.07) is 5.95. The Morgan fingerprint density at radius 2 is 1.95 bits per heavy atom. The third-order valence-corrected chi connectivity index (χ3v) is 4.44. The molecular formula is C15H25N3O. The average Bonchev–Trinajstić information content (AvgIpc) is 2.33. The van der Waals surface area contributed by atoms with Gasteiger partial charge in [0.1, 0.15) is 5.75 Å². The molecule has 0 aromatic heterocycles. The summed E-state index contributed by atoms with van der Waals surface area (Å²) in [5.74, 6) is 0.747. The Labute approximate surface area is 116 Å². The largest absolute Gasteiger partial charge is 0.495 e. The van der Waals surface area contributed by atoms with Crippen LogP contribution in [-0.4, -0.2) is 45.2 Å². The number of rotatable bonds is 5. The van der Waals surface area contributed by atoms with Crippen molar-refractivity contribution in [2.45, 2.75) is 24.8 Å². The molecule has 0 bridgehead atoms. The van der Waals surface area contributed by atoms with E-state index in [0.717, 1.165) is 23.7 Å². The zero-order valence-electron chi connectivity index (χ0n) is 12.4. The molecule has 0 radical (unpaired) electrons. The average molecular weight is 263 g/mol. The molecule has 1 fully saturated rings. The van der Waals surface area contributed by atoms with Crippen LogP contribution in [-0.2, 0) is 0 Å². The molecule has 19 heavy (non-hydrogen) atoms. The second-order valence-corrected chi connectivity index (χ2v) is 5.72. The van der Waals surface area contributed by atoms with Gasteiger partial charge in [0.25, 0.3) is 0 Å². The molecular weight excluding hydrogens is 238 g/mol. The summed E-state index contributed by atoms with van der Waals surface area (Å²) in [6.07, 6.45) is 3.84. The molecule has 0 aliphatic heterocycles. The summed E-state index contributed by atoms with van der Waals surface area (Å²) >= 11 is 0. The fraction of sp³-hybridized carbons (Fsp3) is 0.600. The van der Waals surface area contributed by atoms with Crippen LogP contribution in [0, 0.1) is 0 Å². The third-order valence-electron chi connectivity index (χ3n) is 4.44. The molecule has 1 aromatic carbocycles. The zero-order valence-corrected chi connectivity index (χ0v) is 12.4. The van der Waals surface area contributed by atoms with Crippen molar-refractivity contribution in [2.24, 2.45) is 0 Å². The van der Waals surface area contributed by atoms with Crippen molar-refractivity contribution in [3.63, 3.8) is 0 Å². The Hall–Kier alpha value is -1.42. The highest BCUT2D eigenvalue weighted by atomic mass is 16.5. The summed E-state index contributed by atoms with van der Waals surface area (Å²) in [5, 5.41) is 0. The quantitative estimate of drug-likeness (QED) is 0.827. The van der Waals surface area contributed by atoms with Crippen LogP contribution in [0.5, 0.6) is 5.75 Å². The highest BCUT2D eigenvalue weighted by Crippen LogP contribution is 2.39. The highest BCUT2D eigenvalue weighted by molar-refractivity contribution is 5.73. The lowest BCUT2D eigenvalue weighted by Crippen LogP contribution is -2.56. The van der Waals surface area contributed by atoms with E-state index in [1.807, 2.05) is 12.1 Å². The number of nitrogens with zero attached hydrogens (tertiary/aromatic N) is 2.